The molecule has 3 N–H and O–H groups in total. The Kier molecular flexibility index (Phi) is 3.07. The van der Waals surface area contributed by atoms with Crippen molar-refractivity contribution in [2.45, 2.75) is 0 Å². The Morgan fingerprint density at radius 1 is 1.86 bits per heavy atom. The van der Waals surface area contributed by atoms with Crippen molar-refractivity contribution in [3.8, 4) is 0 Å². The van der Waals surface area contributed by atoms with Crippen LogP contribution in [0.5, 0.6) is 0 Å². The number of nitrogens with zero attached hydrogens (tertiary/aromatic N) is 3. The SMILES string of the molecule is NC(=O)N/N=C/c1ncc([N+](=O)[O-])s1. The smallest absolute Gasteiger partial charge is 0.344 e. The molecule has 1 aromatic heterocycles. The number of nitrogens with one attached hydrogen (secondary N) is 1. The van der Waals surface area contributed by atoms with E-state index in [9.17, 15) is 14.9 Å². The lowest BCUT2D eigenvalue weighted by Crippen LogP contribution is -2.24. The van der Waals surface area contributed by atoms with Gasteiger partial charge < -0.3 is 5.73 Å². The number of carbonyl (C=O) groups is 1. The number of urea groups is 1. The van der Waals surface area contributed by atoms with E-state index in [1.807, 2.05) is 5.43 Å². The van der Waals surface area contributed by atoms with E-state index in [1.54, 1.807) is 0 Å². The van der Waals surface area contributed by atoms with Crippen molar-refractivity contribution < 1.29 is 9.72 Å². The largest absolute Gasteiger partial charge is 0.350 e. The van der Waals surface area contributed by atoms with Crippen molar-refractivity contribution >= 4 is 28.6 Å². The first kappa shape index (κ1) is 10.1. The molecule has 0 bridgehead atoms. The topological polar surface area (TPSA) is 124 Å². The van der Waals surface area contributed by atoms with Crippen LogP contribution in [-0.2, 0) is 0 Å². The monoisotopic (exact) mass is 215 g/mol. The summed E-state index contributed by atoms with van der Waals surface area (Å²) in [7, 11) is 0. The number of hydrogen-bond donors (Lipinski definition) is 2. The van der Waals surface area contributed by atoms with Gasteiger partial charge in [-0.3, -0.25) is 10.1 Å². The maximum absolute atomic E-state index is 10.2. The normalized spacial score (nSPS) is 10.3. The van der Waals surface area contributed by atoms with Crippen LogP contribution >= 0.6 is 11.3 Å². The number of carbonyl (C=O) groups excluding carboxylic acids is 1. The zero-order valence-electron chi connectivity index (χ0n) is 6.71. The van der Waals surface area contributed by atoms with E-state index in [0.29, 0.717) is 5.01 Å². The van der Waals surface area contributed by atoms with Gasteiger partial charge in [0.25, 0.3) is 0 Å². The minimum absolute atomic E-state index is 0.0921. The standard InChI is InChI=1S/C5H5N5O3S/c6-5(11)9-8-1-3-7-2-4(14-3)10(12)13/h1-2H,(H3,6,9,11)/b8-1+. The Morgan fingerprint density at radius 2 is 2.57 bits per heavy atom. The van der Waals surface area contributed by atoms with Crippen LogP contribution in [0.3, 0.4) is 0 Å². The van der Waals surface area contributed by atoms with Gasteiger partial charge >= 0.3 is 11.0 Å². The van der Waals surface area contributed by atoms with Gasteiger partial charge in [0.1, 0.15) is 11.2 Å². The summed E-state index contributed by atoms with van der Waals surface area (Å²) in [5, 5.41) is 13.8. The van der Waals surface area contributed by atoms with Gasteiger partial charge in [0, 0.05) is 0 Å². The van der Waals surface area contributed by atoms with Crippen LogP contribution in [-0.4, -0.2) is 22.2 Å². The van der Waals surface area contributed by atoms with Crippen molar-refractivity contribution in [2.24, 2.45) is 10.8 Å². The second-order valence-corrected chi connectivity index (χ2v) is 3.07. The average molecular weight is 215 g/mol. The number of hydrogen-bond acceptors (Lipinski definition) is 6. The second-order valence-electron chi connectivity index (χ2n) is 2.03. The summed E-state index contributed by atoms with van der Waals surface area (Å²) >= 11 is 0.841. The lowest BCUT2D eigenvalue weighted by atomic mass is 10.8. The lowest BCUT2D eigenvalue weighted by Gasteiger charge is -1.87. The molecule has 1 heterocycles. The van der Waals surface area contributed by atoms with E-state index in [1.165, 1.54) is 6.21 Å². The molecule has 2 amide bonds. The third-order valence-electron chi connectivity index (χ3n) is 1.04. The molecule has 0 spiro atoms. The van der Waals surface area contributed by atoms with Gasteiger partial charge in [-0.2, -0.15) is 5.10 Å². The van der Waals surface area contributed by atoms with E-state index < -0.39 is 11.0 Å². The molecule has 0 aliphatic heterocycles. The summed E-state index contributed by atoms with van der Waals surface area (Å²) < 4.78 is 0. The van der Waals surface area contributed by atoms with E-state index in [2.05, 4.69) is 10.1 Å². The third-order valence-corrected chi connectivity index (χ3v) is 1.92. The molecule has 0 unspecified atom stereocenters. The molecule has 0 saturated heterocycles. The van der Waals surface area contributed by atoms with Crippen LogP contribution in [0.4, 0.5) is 9.80 Å². The minimum Gasteiger partial charge on any atom is -0.350 e. The zero-order valence-corrected chi connectivity index (χ0v) is 7.52. The average Bonchev–Trinajstić information content (AvgIpc) is 2.52. The predicted octanol–water partition coefficient (Wildman–Crippen LogP) is 0.0535. The molecular weight excluding hydrogens is 210 g/mol. The molecule has 14 heavy (non-hydrogen) atoms. The molecule has 74 valence electrons. The highest BCUT2D eigenvalue weighted by atomic mass is 32.1. The fourth-order valence-electron chi connectivity index (χ4n) is 0.574. The van der Waals surface area contributed by atoms with Gasteiger partial charge in [-0.25, -0.2) is 15.2 Å². The molecule has 8 nitrogen and oxygen atoms in total. The summed E-state index contributed by atoms with van der Waals surface area (Å²) in [6, 6.07) is -0.813. The molecule has 0 radical (unpaired) electrons. The molecule has 9 heteroatoms. The van der Waals surface area contributed by atoms with Crippen LogP contribution in [0.2, 0.25) is 0 Å². The maximum atomic E-state index is 10.2. The van der Waals surface area contributed by atoms with E-state index in [-0.39, 0.29) is 5.00 Å². The molecule has 0 aliphatic carbocycles. The Labute approximate surface area is 81.6 Å². The summed E-state index contributed by atoms with van der Waals surface area (Å²) in [4.78, 5) is 23.5. The summed E-state index contributed by atoms with van der Waals surface area (Å²) in [6.45, 7) is 0. The predicted molar refractivity (Wildman–Crippen MR) is 49.1 cm³/mol. The lowest BCUT2D eigenvalue weighted by molar-refractivity contribution is -0.380. The Hall–Kier alpha value is -2.03. The van der Waals surface area contributed by atoms with Crippen molar-refractivity contribution in [3.05, 3.63) is 21.3 Å². The number of nitro groups is 1. The van der Waals surface area contributed by atoms with Gasteiger partial charge in [0.05, 0.1) is 11.1 Å². The number of rotatable bonds is 3. The molecule has 1 aromatic rings. The molecule has 0 aliphatic rings. The summed E-state index contributed by atoms with van der Waals surface area (Å²) in [5.41, 5.74) is 6.66. The minimum atomic E-state index is -0.813. The quantitative estimate of drug-likeness (QED) is 0.420. The number of thiazole rings is 1. The molecule has 0 fully saturated rings. The third kappa shape index (κ3) is 2.79. The van der Waals surface area contributed by atoms with Crippen molar-refractivity contribution in [2.75, 3.05) is 0 Å². The Morgan fingerprint density at radius 3 is 3.07 bits per heavy atom. The number of nitrogens with two attached hydrogens (primary N) is 1. The molecule has 0 saturated carbocycles. The first-order chi connectivity index (χ1) is 6.59. The maximum Gasteiger partial charge on any atom is 0.344 e. The first-order valence-corrected chi connectivity index (χ1v) is 4.10. The van der Waals surface area contributed by atoms with E-state index in [4.69, 9.17) is 5.73 Å². The second kappa shape index (κ2) is 4.28. The fourth-order valence-corrected chi connectivity index (χ4v) is 1.18. The van der Waals surface area contributed by atoms with E-state index >= 15 is 0 Å². The van der Waals surface area contributed by atoms with Crippen LogP contribution in [0.25, 0.3) is 0 Å². The number of aromatic nitrogens is 1. The molecule has 1 rings (SSSR count). The number of amides is 2. The van der Waals surface area contributed by atoms with Crippen LogP contribution < -0.4 is 11.2 Å². The molecule has 0 atom stereocenters. The van der Waals surface area contributed by atoms with Gasteiger partial charge in [0.2, 0.25) is 0 Å². The van der Waals surface area contributed by atoms with Crippen molar-refractivity contribution in [1.82, 2.24) is 10.4 Å². The zero-order chi connectivity index (χ0) is 10.6. The first-order valence-electron chi connectivity index (χ1n) is 3.28. The fraction of sp³-hybridized carbons (Fsp3) is 0. The highest BCUT2D eigenvalue weighted by molar-refractivity contribution is 7.16. The van der Waals surface area contributed by atoms with Crippen LogP contribution in [0, 0.1) is 10.1 Å². The summed E-state index contributed by atoms with van der Waals surface area (Å²) in [5.74, 6) is 0. The Balaban J connectivity index is 2.64. The highest BCUT2D eigenvalue weighted by Gasteiger charge is 2.09. The van der Waals surface area contributed by atoms with Crippen molar-refractivity contribution in [1.29, 1.82) is 0 Å². The van der Waals surface area contributed by atoms with Gasteiger partial charge in [-0.1, -0.05) is 0 Å². The highest BCUT2D eigenvalue weighted by Crippen LogP contribution is 2.19. The van der Waals surface area contributed by atoms with Crippen LogP contribution in [0.1, 0.15) is 5.01 Å². The number of hydrazone groups is 1. The van der Waals surface area contributed by atoms with Crippen molar-refractivity contribution in [3.63, 3.8) is 0 Å². The Bertz CT molecular complexity index is 386. The molecule has 0 aromatic carbocycles. The van der Waals surface area contributed by atoms with Crippen LogP contribution in [0.15, 0.2) is 11.3 Å². The summed E-state index contributed by atoms with van der Waals surface area (Å²) in [6.07, 6.45) is 2.28. The van der Waals surface area contributed by atoms with Gasteiger partial charge in [-0.05, 0) is 11.3 Å². The van der Waals surface area contributed by atoms with Gasteiger partial charge in [-0.15, -0.1) is 0 Å². The number of primary amides is 1. The van der Waals surface area contributed by atoms with Gasteiger partial charge in [0.15, 0.2) is 0 Å². The van der Waals surface area contributed by atoms with E-state index in [0.717, 1.165) is 17.5 Å². The molecular formula is C5H5N5O3S.